The lowest BCUT2D eigenvalue weighted by molar-refractivity contribution is 0.102. The molecule has 3 aromatic rings. The Balaban J connectivity index is 1.38. The molecule has 0 aromatic heterocycles. The molecule has 1 aliphatic heterocycles. The van der Waals surface area contributed by atoms with Crippen molar-refractivity contribution in [3.05, 3.63) is 92.4 Å². The van der Waals surface area contributed by atoms with Crippen LogP contribution < -0.4 is 5.32 Å². The summed E-state index contributed by atoms with van der Waals surface area (Å²) in [5, 5.41) is 3.66. The number of hydrogen-bond acceptors (Lipinski definition) is 4. The molecule has 4 rings (SSSR count). The molecule has 0 saturated carbocycles. The summed E-state index contributed by atoms with van der Waals surface area (Å²) in [5.41, 5.74) is 2.82. The lowest BCUT2D eigenvalue weighted by Crippen LogP contribution is -2.48. The van der Waals surface area contributed by atoms with Crippen molar-refractivity contribution in [2.75, 3.05) is 31.5 Å². The van der Waals surface area contributed by atoms with Crippen molar-refractivity contribution in [2.24, 2.45) is 0 Å². The van der Waals surface area contributed by atoms with Crippen molar-refractivity contribution >= 4 is 56.4 Å². The van der Waals surface area contributed by atoms with Gasteiger partial charge in [-0.3, -0.25) is 9.69 Å². The predicted molar refractivity (Wildman–Crippen MR) is 141 cm³/mol. The predicted octanol–water partition coefficient (Wildman–Crippen LogP) is 5.71. The van der Waals surface area contributed by atoms with E-state index >= 15 is 0 Å². The second kappa shape index (κ2) is 10.9. The van der Waals surface area contributed by atoms with Crippen molar-refractivity contribution in [1.82, 2.24) is 9.21 Å². The molecule has 0 bridgehead atoms. The van der Waals surface area contributed by atoms with Crippen LogP contribution in [0.4, 0.5) is 5.69 Å². The van der Waals surface area contributed by atoms with Gasteiger partial charge in [0.2, 0.25) is 10.0 Å². The Morgan fingerprint density at radius 3 is 2.23 bits per heavy atom. The molecule has 0 radical (unpaired) electrons. The second-order valence-electron chi connectivity index (χ2n) is 8.39. The van der Waals surface area contributed by atoms with Crippen LogP contribution in [-0.2, 0) is 16.6 Å². The van der Waals surface area contributed by atoms with Crippen LogP contribution in [0.5, 0.6) is 0 Å². The molecule has 184 valence electrons. The average molecular weight is 553 g/mol. The van der Waals surface area contributed by atoms with Gasteiger partial charge in [0.05, 0.1) is 25.7 Å². The van der Waals surface area contributed by atoms with Gasteiger partial charge >= 0.3 is 0 Å². The number of sulfonamides is 1. The first-order valence-electron chi connectivity index (χ1n) is 11.0. The fourth-order valence-corrected chi connectivity index (χ4v) is 5.89. The van der Waals surface area contributed by atoms with Gasteiger partial charge in [-0.2, -0.15) is 4.31 Å². The molecule has 1 saturated heterocycles. The largest absolute Gasteiger partial charge is 0.321 e. The highest BCUT2D eigenvalue weighted by Crippen LogP contribution is 2.32. The number of rotatable bonds is 6. The number of nitrogens with one attached hydrogen (secondary N) is 1. The molecule has 1 heterocycles. The zero-order valence-electron chi connectivity index (χ0n) is 19.0. The molecule has 0 spiro atoms. The number of halogens is 3. The Labute approximate surface area is 220 Å². The Morgan fingerprint density at radius 1 is 0.886 bits per heavy atom. The summed E-state index contributed by atoms with van der Waals surface area (Å²) in [6, 6.07) is 17.2. The van der Waals surface area contributed by atoms with Gasteiger partial charge in [-0.25, -0.2) is 8.42 Å². The zero-order chi connectivity index (χ0) is 25.2. The molecule has 35 heavy (non-hydrogen) atoms. The highest BCUT2D eigenvalue weighted by Gasteiger charge is 2.28. The van der Waals surface area contributed by atoms with Crippen molar-refractivity contribution in [1.29, 1.82) is 0 Å². The second-order valence-corrected chi connectivity index (χ2v) is 11.6. The van der Waals surface area contributed by atoms with Crippen LogP contribution in [0.3, 0.4) is 0 Å². The number of amides is 1. The highest BCUT2D eigenvalue weighted by atomic mass is 35.5. The van der Waals surface area contributed by atoms with Crippen molar-refractivity contribution in [3.8, 4) is 0 Å². The summed E-state index contributed by atoms with van der Waals surface area (Å²) >= 11 is 18.2. The van der Waals surface area contributed by atoms with E-state index in [0.717, 1.165) is 11.1 Å². The topological polar surface area (TPSA) is 69.7 Å². The molecule has 1 N–H and O–H groups in total. The summed E-state index contributed by atoms with van der Waals surface area (Å²) < 4.78 is 27.4. The minimum absolute atomic E-state index is 0.294. The standard InChI is InChI=1S/C25H24Cl3N3O3S/c1-17-5-7-20(8-6-17)35(33,34)31-11-9-30(10-12-31)16-18-3-2-4-19(13-18)25(32)29-24-15-22(27)21(26)14-23(24)28/h2-8,13-15H,9-12,16H2,1H3,(H,29,32). The van der Waals surface area contributed by atoms with E-state index in [1.165, 1.54) is 16.4 Å². The maximum absolute atomic E-state index is 12.9. The van der Waals surface area contributed by atoms with Crippen LogP contribution in [0.2, 0.25) is 15.1 Å². The number of anilines is 1. The number of benzene rings is 3. The van der Waals surface area contributed by atoms with Gasteiger partial charge in [-0.05, 0) is 48.9 Å². The molecule has 3 aromatic carbocycles. The van der Waals surface area contributed by atoms with E-state index in [0.29, 0.717) is 63.9 Å². The van der Waals surface area contributed by atoms with Gasteiger partial charge < -0.3 is 5.32 Å². The lowest BCUT2D eigenvalue weighted by Gasteiger charge is -2.34. The number of carbonyl (C=O) groups excluding carboxylic acids is 1. The number of piperazine rings is 1. The summed E-state index contributed by atoms with van der Waals surface area (Å²) in [6.07, 6.45) is 0. The first-order valence-corrected chi connectivity index (χ1v) is 13.5. The summed E-state index contributed by atoms with van der Waals surface area (Å²) in [6.45, 7) is 4.54. The van der Waals surface area contributed by atoms with Crippen LogP contribution in [0.1, 0.15) is 21.5 Å². The number of aryl methyl sites for hydroxylation is 1. The Bertz CT molecular complexity index is 1340. The normalized spacial score (nSPS) is 15.2. The van der Waals surface area contributed by atoms with E-state index in [2.05, 4.69) is 10.2 Å². The third-order valence-corrected chi connectivity index (χ3v) is 8.79. The highest BCUT2D eigenvalue weighted by molar-refractivity contribution is 7.89. The van der Waals surface area contributed by atoms with Crippen molar-refractivity contribution < 1.29 is 13.2 Å². The van der Waals surface area contributed by atoms with E-state index in [4.69, 9.17) is 34.8 Å². The average Bonchev–Trinajstić information content (AvgIpc) is 2.83. The SMILES string of the molecule is Cc1ccc(S(=O)(=O)N2CCN(Cc3cccc(C(=O)Nc4cc(Cl)c(Cl)cc4Cl)c3)CC2)cc1. The van der Waals surface area contributed by atoms with Gasteiger partial charge in [0.15, 0.2) is 0 Å². The molecule has 1 amide bonds. The molecule has 6 nitrogen and oxygen atoms in total. The molecule has 0 aliphatic carbocycles. The maximum Gasteiger partial charge on any atom is 0.255 e. The smallest absolute Gasteiger partial charge is 0.255 e. The number of nitrogens with zero attached hydrogens (tertiary/aromatic N) is 2. The molecule has 1 fully saturated rings. The Kier molecular flexibility index (Phi) is 8.06. The maximum atomic E-state index is 12.9. The van der Waals surface area contributed by atoms with Crippen LogP contribution >= 0.6 is 34.8 Å². The Hall–Kier alpha value is -2.13. The van der Waals surface area contributed by atoms with Crippen LogP contribution in [0.25, 0.3) is 0 Å². The van der Waals surface area contributed by atoms with Crippen LogP contribution in [-0.4, -0.2) is 49.7 Å². The van der Waals surface area contributed by atoms with E-state index in [1.54, 1.807) is 18.2 Å². The van der Waals surface area contributed by atoms with Crippen LogP contribution in [0.15, 0.2) is 65.6 Å². The number of hydrogen-bond donors (Lipinski definition) is 1. The van der Waals surface area contributed by atoms with Gasteiger partial charge in [-0.1, -0.05) is 64.6 Å². The van der Waals surface area contributed by atoms with E-state index < -0.39 is 10.0 Å². The zero-order valence-corrected chi connectivity index (χ0v) is 22.1. The monoisotopic (exact) mass is 551 g/mol. The minimum atomic E-state index is -3.51. The molecule has 0 atom stereocenters. The van der Waals surface area contributed by atoms with Gasteiger partial charge in [0, 0.05) is 38.3 Å². The van der Waals surface area contributed by atoms with Crippen molar-refractivity contribution in [2.45, 2.75) is 18.4 Å². The molecular formula is C25H24Cl3N3O3S. The quantitative estimate of drug-likeness (QED) is 0.398. The van der Waals surface area contributed by atoms with Gasteiger partial charge in [0.25, 0.3) is 5.91 Å². The Morgan fingerprint density at radius 2 is 1.54 bits per heavy atom. The van der Waals surface area contributed by atoms with E-state index in [1.807, 2.05) is 37.3 Å². The van der Waals surface area contributed by atoms with Crippen molar-refractivity contribution in [3.63, 3.8) is 0 Å². The van der Waals surface area contributed by atoms with Gasteiger partial charge in [0.1, 0.15) is 0 Å². The summed E-state index contributed by atoms with van der Waals surface area (Å²) in [7, 11) is -3.51. The minimum Gasteiger partial charge on any atom is -0.321 e. The van der Waals surface area contributed by atoms with Gasteiger partial charge in [-0.15, -0.1) is 0 Å². The molecule has 1 aliphatic rings. The summed E-state index contributed by atoms with van der Waals surface area (Å²) in [4.78, 5) is 15.3. The van der Waals surface area contributed by atoms with Crippen LogP contribution in [0, 0.1) is 6.92 Å². The fraction of sp³-hybridized carbons (Fsp3) is 0.240. The molecule has 0 unspecified atom stereocenters. The van der Waals surface area contributed by atoms with E-state index in [9.17, 15) is 13.2 Å². The molecule has 10 heteroatoms. The first kappa shape index (κ1) is 25.9. The van der Waals surface area contributed by atoms with E-state index in [-0.39, 0.29) is 5.91 Å². The lowest BCUT2D eigenvalue weighted by atomic mass is 10.1. The third-order valence-electron chi connectivity index (χ3n) is 5.84. The first-order chi connectivity index (χ1) is 16.6. The molecular weight excluding hydrogens is 529 g/mol. The fourth-order valence-electron chi connectivity index (χ4n) is 3.87. The third kappa shape index (κ3) is 6.17. The number of carbonyl (C=O) groups is 1. The summed E-state index contributed by atoms with van der Waals surface area (Å²) in [5.74, 6) is -0.318.